The normalized spacial score (nSPS) is 16.4. The van der Waals surface area contributed by atoms with Gasteiger partial charge in [0.15, 0.2) is 5.65 Å². The SMILES string of the molecule is C=CC(=O)NC1CCC(n2nc(-c3ccc(Oc4cc(F)cc(OCc5cnc(C)nc5)c4)cc3)c3c(N)ncnc32)CC1. The molecule has 0 saturated heterocycles. The monoisotopic (exact) mass is 594 g/mol. The number of hydrogen-bond donors (Lipinski definition) is 2. The minimum Gasteiger partial charge on any atom is -0.489 e. The number of rotatable bonds is 9. The summed E-state index contributed by atoms with van der Waals surface area (Å²) in [6, 6.07) is 11.7. The van der Waals surface area contributed by atoms with Crippen molar-refractivity contribution in [1.82, 2.24) is 35.0 Å². The van der Waals surface area contributed by atoms with Crippen LogP contribution in [0.3, 0.4) is 0 Å². The van der Waals surface area contributed by atoms with E-state index in [1.807, 2.05) is 16.8 Å². The molecule has 1 aliphatic carbocycles. The van der Waals surface area contributed by atoms with Crippen molar-refractivity contribution in [3.05, 3.63) is 91.0 Å². The van der Waals surface area contributed by atoms with Crippen LogP contribution in [-0.2, 0) is 11.4 Å². The highest BCUT2D eigenvalue weighted by atomic mass is 19.1. The van der Waals surface area contributed by atoms with E-state index in [9.17, 15) is 9.18 Å². The fourth-order valence-corrected chi connectivity index (χ4v) is 5.33. The smallest absolute Gasteiger partial charge is 0.243 e. The Morgan fingerprint density at radius 1 is 1.05 bits per heavy atom. The number of halogens is 1. The van der Waals surface area contributed by atoms with Crippen molar-refractivity contribution in [2.75, 3.05) is 5.73 Å². The molecule has 3 aromatic heterocycles. The average molecular weight is 595 g/mol. The summed E-state index contributed by atoms with van der Waals surface area (Å²) in [5.41, 5.74) is 9.21. The predicted octanol–water partition coefficient (Wildman–Crippen LogP) is 5.47. The summed E-state index contributed by atoms with van der Waals surface area (Å²) in [5, 5.41) is 8.61. The molecular formula is C32H31FN8O3. The molecule has 0 atom stereocenters. The number of aryl methyl sites for hydroxylation is 1. The molecule has 3 heterocycles. The van der Waals surface area contributed by atoms with Crippen molar-refractivity contribution in [2.24, 2.45) is 0 Å². The molecule has 3 N–H and O–H groups in total. The lowest BCUT2D eigenvalue weighted by molar-refractivity contribution is -0.117. The standard InChI is InChI=1S/C32H31FN8O3/c1-3-28(42)39-23-6-8-24(9-7-23)41-32-29(31(34)37-18-38-32)30(40-41)21-4-10-25(11-5-21)44-27-13-22(33)12-26(14-27)43-17-20-15-35-19(2)36-16-20/h3-5,10-16,18,23-24H,1,6-9,17H2,2H3,(H,39,42)(H2,34,37,38). The lowest BCUT2D eigenvalue weighted by Gasteiger charge is -2.29. The van der Waals surface area contributed by atoms with Crippen LogP contribution in [0.5, 0.6) is 17.2 Å². The first kappa shape index (κ1) is 28.7. The van der Waals surface area contributed by atoms with Gasteiger partial charge in [0, 0.05) is 47.8 Å². The number of nitrogen functional groups attached to an aromatic ring is 1. The maximum atomic E-state index is 14.4. The third-order valence-corrected chi connectivity index (χ3v) is 7.54. The van der Waals surface area contributed by atoms with Crippen LogP contribution in [0.25, 0.3) is 22.3 Å². The second-order valence-corrected chi connectivity index (χ2v) is 10.6. The molecule has 0 spiro atoms. The third kappa shape index (κ3) is 6.33. The van der Waals surface area contributed by atoms with Crippen molar-refractivity contribution in [1.29, 1.82) is 0 Å². The second kappa shape index (κ2) is 12.5. The summed E-state index contributed by atoms with van der Waals surface area (Å²) < 4.78 is 28.0. The number of hydrogen-bond acceptors (Lipinski definition) is 9. The largest absolute Gasteiger partial charge is 0.489 e. The number of ether oxygens (including phenoxy) is 2. The van der Waals surface area contributed by atoms with E-state index in [1.165, 1.54) is 24.5 Å². The van der Waals surface area contributed by atoms with Crippen molar-refractivity contribution in [3.8, 4) is 28.5 Å². The second-order valence-electron chi connectivity index (χ2n) is 10.6. The molecule has 1 amide bonds. The summed E-state index contributed by atoms with van der Waals surface area (Å²) in [6.45, 7) is 5.52. The first-order valence-electron chi connectivity index (χ1n) is 14.3. The van der Waals surface area contributed by atoms with Crippen LogP contribution in [-0.4, -0.2) is 41.7 Å². The fraction of sp³-hybridized carbons (Fsp3) is 0.250. The van der Waals surface area contributed by atoms with Crippen LogP contribution in [0.15, 0.2) is 73.8 Å². The van der Waals surface area contributed by atoms with Gasteiger partial charge in [0.05, 0.1) is 11.4 Å². The summed E-state index contributed by atoms with van der Waals surface area (Å²) in [7, 11) is 0. The highest BCUT2D eigenvalue weighted by Crippen LogP contribution is 2.37. The van der Waals surface area contributed by atoms with Crippen LogP contribution in [0.1, 0.15) is 43.1 Å². The van der Waals surface area contributed by atoms with Gasteiger partial charge < -0.3 is 20.5 Å². The maximum Gasteiger partial charge on any atom is 0.243 e. The Morgan fingerprint density at radius 2 is 1.77 bits per heavy atom. The highest BCUT2D eigenvalue weighted by Gasteiger charge is 2.27. The van der Waals surface area contributed by atoms with E-state index in [2.05, 4.69) is 31.8 Å². The van der Waals surface area contributed by atoms with Gasteiger partial charge in [-0.05, 0) is 62.9 Å². The van der Waals surface area contributed by atoms with Crippen molar-refractivity contribution in [2.45, 2.75) is 51.3 Å². The fourth-order valence-electron chi connectivity index (χ4n) is 5.33. The summed E-state index contributed by atoms with van der Waals surface area (Å²) in [6.07, 6.45) is 9.37. The Labute approximate surface area is 253 Å². The Kier molecular flexibility index (Phi) is 8.13. The van der Waals surface area contributed by atoms with Gasteiger partial charge in [-0.15, -0.1) is 0 Å². The topological polar surface area (TPSA) is 143 Å². The molecular weight excluding hydrogens is 563 g/mol. The molecule has 2 aromatic carbocycles. The number of carbonyl (C=O) groups excluding carboxylic acids is 1. The zero-order chi connectivity index (χ0) is 30.6. The molecule has 0 radical (unpaired) electrons. The molecule has 6 rings (SSSR count). The number of nitrogens with one attached hydrogen (secondary N) is 1. The highest BCUT2D eigenvalue weighted by molar-refractivity contribution is 5.98. The minimum absolute atomic E-state index is 0.1000. The van der Waals surface area contributed by atoms with Crippen molar-refractivity contribution < 1.29 is 18.7 Å². The van der Waals surface area contributed by atoms with Crippen LogP contribution >= 0.6 is 0 Å². The number of nitrogens with zero attached hydrogens (tertiary/aromatic N) is 6. The van der Waals surface area contributed by atoms with Gasteiger partial charge >= 0.3 is 0 Å². The predicted molar refractivity (Wildman–Crippen MR) is 162 cm³/mol. The van der Waals surface area contributed by atoms with Gasteiger partial charge in [-0.25, -0.2) is 29.0 Å². The Balaban J connectivity index is 1.19. The molecule has 5 aromatic rings. The van der Waals surface area contributed by atoms with E-state index in [-0.39, 0.29) is 24.6 Å². The average Bonchev–Trinajstić information content (AvgIpc) is 3.42. The van der Waals surface area contributed by atoms with Gasteiger partial charge in [0.25, 0.3) is 0 Å². The van der Waals surface area contributed by atoms with Crippen LogP contribution in [0.2, 0.25) is 0 Å². The number of amides is 1. The number of benzene rings is 2. The quantitative estimate of drug-likeness (QED) is 0.212. The van der Waals surface area contributed by atoms with Crippen LogP contribution in [0, 0.1) is 12.7 Å². The molecule has 224 valence electrons. The van der Waals surface area contributed by atoms with Crippen molar-refractivity contribution in [3.63, 3.8) is 0 Å². The molecule has 0 bridgehead atoms. The Hall–Kier alpha value is -5.39. The molecule has 44 heavy (non-hydrogen) atoms. The molecule has 1 saturated carbocycles. The Bertz CT molecular complexity index is 1800. The van der Waals surface area contributed by atoms with Crippen LogP contribution in [0.4, 0.5) is 10.2 Å². The summed E-state index contributed by atoms with van der Waals surface area (Å²) >= 11 is 0. The third-order valence-electron chi connectivity index (χ3n) is 7.54. The number of nitrogens with two attached hydrogens (primary N) is 1. The maximum absolute atomic E-state index is 14.4. The van der Waals surface area contributed by atoms with Crippen molar-refractivity contribution >= 4 is 22.8 Å². The summed E-state index contributed by atoms with van der Waals surface area (Å²) in [5.74, 6) is 1.47. The van der Waals surface area contributed by atoms with Gasteiger partial charge in [-0.2, -0.15) is 5.10 Å². The van der Waals surface area contributed by atoms with Gasteiger partial charge in [-0.3, -0.25) is 4.79 Å². The van der Waals surface area contributed by atoms with Gasteiger partial charge in [0.1, 0.15) is 53.3 Å². The summed E-state index contributed by atoms with van der Waals surface area (Å²) in [4.78, 5) is 28.8. The molecule has 11 nitrogen and oxygen atoms in total. The number of fused-ring (bicyclic) bond motifs is 1. The lowest BCUT2D eigenvalue weighted by Crippen LogP contribution is -2.37. The zero-order valence-corrected chi connectivity index (χ0v) is 24.1. The number of aromatic nitrogens is 6. The number of carbonyl (C=O) groups is 1. The van der Waals surface area contributed by atoms with E-state index in [0.717, 1.165) is 36.8 Å². The number of anilines is 1. The van der Waals surface area contributed by atoms with Crippen LogP contribution < -0.4 is 20.5 Å². The molecule has 1 fully saturated rings. The van der Waals surface area contributed by atoms with E-state index in [4.69, 9.17) is 20.3 Å². The van der Waals surface area contributed by atoms with E-state index < -0.39 is 5.82 Å². The zero-order valence-electron chi connectivity index (χ0n) is 24.1. The van der Waals surface area contributed by atoms with E-state index >= 15 is 0 Å². The van der Waals surface area contributed by atoms with Gasteiger partial charge in [-0.1, -0.05) is 6.58 Å². The first-order valence-corrected chi connectivity index (χ1v) is 14.3. The van der Waals surface area contributed by atoms with E-state index in [0.29, 0.717) is 45.6 Å². The molecule has 12 heteroatoms. The molecule has 0 aliphatic heterocycles. The first-order chi connectivity index (χ1) is 21.4. The molecule has 0 unspecified atom stereocenters. The van der Waals surface area contributed by atoms with E-state index in [1.54, 1.807) is 37.5 Å². The van der Waals surface area contributed by atoms with Gasteiger partial charge in [0.2, 0.25) is 5.91 Å². The lowest BCUT2D eigenvalue weighted by atomic mass is 9.91. The minimum atomic E-state index is -0.487. The molecule has 1 aliphatic rings. The Morgan fingerprint density at radius 3 is 2.50 bits per heavy atom.